The predicted molar refractivity (Wildman–Crippen MR) is 59.6 cm³/mol. The van der Waals surface area contributed by atoms with E-state index in [-0.39, 0.29) is 0 Å². The molecule has 0 radical (unpaired) electrons. The van der Waals surface area contributed by atoms with Crippen molar-refractivity contribution in [2.75, 3.05) is 18.4 Å². The number of fused-ring (bicyclic) bond motifs is 1. The molecule has 0 saturated heterocycles. The topological polar surface area (TPSA) is 63.8 Å². The van der Waals surface area contributed by atoms with Crippen molar-refractivity contribution in [3.63, 3.8) is 0 Å². The van der Waals surface area contributed by atoms with Crippen LogP contribution in [-0.4, -0.2) is 22.4 Å². The van der Waals surface area contributed by atoms with Crippen molar-refractivity contribution in [1.82, 2.24) is 9.36 Å². The molecule has 0 bridgehead atoms. The van der Waals surface area contributed by atoms with E-state index in [0.29, 0.717) is 6.54 Å². The minimum absolute atomic E-state index is 0.704. The van der Waals surface area contributed by atoms with Crippen molar-refractivity contribution in [1.29, 1.82) is 0 Å². The lowest BCUT2D eigenvalue weighted by atomic mass is 10.3. The highest BCUT2D eigenvalue weighted by atomic mass is 32.1. The lowest BCUT2D eigenvalue weighted by Crippen LogP contribution is -2.08. The number of rotatable bonds is 4. The van der Waals surface area contributed by atoms with Gasteiger partial charge in [0.1, 0.15) is 5.82 Å². The molecular weight excluding hydrogens is 196 g/mol. The Bertz CT molecular complexity index is 412. The summed E-state index contributed by atoms with van der Waals surface area (Å²) in [6.07, 6.45) is 4.63. The summed E-state index contributed by atoms with van der Waals surface area (Å²) in [7, 11) is 0. The minimum Gasteiger partial charge on any atom is -0.370 e. The fourth-order valence-corrected chi connectivity index (χ4v) is 1.83. The van der Waals surface area contributed by atoms with E-state index >= 15 is 0 Å². The number of pyridine rings is 1. The average Bonchev–Trinajstić information content (AvgIpc) is 2.65. The first-order chi connectivity index (χ1) is 6.90. The van der Waals surface area contributed by atoms with Crippen LogP contribution in [0.3, 0.4) is 0 Å². The first-order valence-corrected chi connectivity index (χ1v) is 5.32. The molecule has 2 heterocycles. The molecule has 2 aromatic heterocycles. The summed E-state index contributed by atoms with van der Waals surface area (Å²) in [6, 6.07) is 2.02. The molecular formula is C9H12N4S. The van der Waals surface area contributed by atoms with Crippen molar-refractivity contribution >= 4 is 27.4 Å². The smallest absolute Gasteiger partial charge is 0.127 e. The molecule has 5 heteroatoms. The fourth-order valence-electron chi connectivity index (χ4n) is 1.18. The average molecular weight is 208 g/mol. The number of aromatic nitrogens is 2. The number of nitrogens with zero attached hydrogens (tertiary/aromatic N) is 2. The molecule has 2 aromatic rings. The molecule has 0 spiro atoms. The molecule has 0 aliphatic rings. The van der Waals surface area contributed by atoms with Gasteiger partial charge in [0, 0.05) is 18.1 Å². The molecule has 0 atom stereocenters. The molecule has 0 amide bonds. The molecule has 0 fully saturated rings. The molecule has 2 rings (SSSR count). The lowest BCUT2D eigenvalue weighted by molar-refractivity contribution is 0.870. The Balaban J connectivity index is 2.10. The quantitative estimate of drug-likeness (QED) is 0.746. The van der Waals surface area contributed by atoms with Gasteiger partial charge in [0.2, 0.25) is 0 Å². The summed E-state index contributed by atoms with van der Waals surface area (Å²) in [6.45, 7) is 1.57. The van der Waals surface area contributed by atoms with Crippen LogP contribution in [0.2, 0.25) is 0 Å². The summed E-state index contributed by atoms with van der Waals surface area (Å²) < 4.78 is 5.26. The third-order valence-corrected chi connectivity index (χ3v) is 2.69. The Morgan fingerprint density at radius 1 is 1.43 bits per heavy atom. The van der Waals surface area contributed by atoms with E-state index in [2.05, 4.69) is 14.7 Å². The fraction of sp³-hybridized carbons (Fsp3) is 0.333. The number of nitrogens with one attached hydrogen (secondary N) is 1. The molecule has 0 unspecified atom stereocenters. The Labute approximate surface area is 86.3 Å². The monoisotopic (exact) mass is 208 g/mol. The highest BCUT2D eigenvalue weighted by molar-refractivity contribution is 7.13. The Kier molecular flexibility index (Phi) is 2.90. The van der Waals surface area contributed by atoms with Crippen molar-refractivity contribution in [2.45, 2.75) is 6.42 Å². The molecule has 0 aromatic carbocycles. The van der Waals surface area contributed by atoms with Gasteiger partial charge >= 0.3 is 0 Å². The summed E-state index contributed by atoms with van der Waals surface area (Å²) >= 11 is 1.49. The lowest BCUT2D eigenvalue weighted by Gasteiger charge is -2.03. The van der Waals surface area contributed by atoms with Gasteiger partial charge in [0.25, 0.3) is 0 Å². The summed E-state index contributed by atoms with van der Waals surface area (Å²) in [5.41, 5.74) is 5.40. The van der Waals surface area contributed by atoms with E-state index in [0.717, 1.165) is 28.9 Å². The normalized spacial score (nSPS) is 10.6. The second-order valence-corrected chi connectivity index (χ2v) is 3.84. The maximum atomic E-state index is 5.40. The number of anilines is 1. The van der Waals surface area contributed by atoms with Gasteiger partial charge in [-0.25, -0.2) is 4.98 Å². The van der Waals surface area contributed by atoms with Crippen LogP contribution in [0.5, 0.6) is 0 Å². The second-order valence-electron chi connectivity index (χ2n) is 3.00. The number of hydrogen-bond acceptors (Lipinski definition) is 5. The van der Waals surface area contributed by atoms with E-state index in [4.69, 9.17) is 5.73 Å². The SMILES string of the molecule is NCCCNc1cc2sncc2cn1. The van der Waals surface area contributed by atoms with Gasteiger partial charge in [-0.3, -0.25) is 0 Å². The minimum atomic E-state index is 0.704. The molecule has 4 nitrogen and oxygen atoms in total. The standard InChI is InChI=1S/C9H12N4S/c10-2-1-3-11-9-4-8-7(5-12-9)6-13-14-8/h4-6H,1-3,10H2,(H,11,12). The Morgan fingerprint density at radius 3 is 3.21 bits per heavy atom. The Morgan fingerprint density at radius 2 is 2.36 bits per heavy atom. The Hall–Kier alpha value is -1.20. The second kappa shape index (κ2) is 4.34. The molecule has 3 N–H and O–H groups in total. The number of nitrogens with two attached hydrogens (primary N) is 1. The van der Waals surface area contributed by atoms with E-state index in [1.807, 2.05) is 18.5 Å². The van der Waals surface area contributed by atoms with Gasteiger partial charge in [-0.15, -0.1) is 0 Å². The maximum absolute atomic E-state index is 5.40. The van der Waals surface area contributed by atoms with Crippen LogP contribution in [0, 0.1) is 0 Å². The maximum Gasteiger partial charge on any atom is 0.127 e. The van der Waals surface area contributed by atoms with E-state index in [1.165, 1.54) is 11.5 Å². The first kappa shape index (κ1) is 9.36. The third-order valence-electron chi connectivity index (χ3n) is 1.92. The van der Waals surface area contributed by atoms with Gasteiger partial charge in [-0.2, -0.15) is 4.37 Å². The molecule has 0 saturated carbocycles. The van der Waals surface area contributed by atoms with Crippen LogP contribution in [-0.2, 0) is 0 Å². The van der Waals surface area contributed by atoms with Crippen LogP contribution in [0.1, 0.15) is 6.42 Å². The van der Waals surface area contributed by atoms with Gasteiger partial charge in [-0.05, 0) is 30.6 Å². The molecule has 74 valence electrons. The highest BCUT2D eigenvalue weighted by Crippen LogP contribution is 2.19. The van der Waals surface area contributed by atoms with Crippen molar-refractivity contribution in [2.24, 2.45) is 5.73 Å². The van der Waals surface area contributed by atoms with Crippen molar-refractivity contribution < 1.29 is 0 Å². The predicted octanol–water partition coefficient (Wildman–Crippen LogP) is 1.45. The largest absolute Gasteiger partial charge is 0.370 e. The van der Waals surface area contributed by atoms with Gasteiger partial charge < -0.3 is 11.1 Å². The summed E-state index contributed by atoms with van der Waals surface area (Å²) in [4.78, 5) is 4.27. The van der Waals surface area contributed by atoms with Gasteiger partial charge in [0.15, 0.2) is 0 Å². The molecule has 0 aliphatic carbocycles. The van der Waals surface area contributed by atoms with Crippen molar-refractivity contribution in [3.8, 4) is 0 Å². The third kappa shape index (κ3) is 2.00. The molecule has 14 heavy (non-hydrogen) atoms. The number of hydrogen-bond donors (Lipinski definition) is 2. The van der Waals surface area contributed by atoms with E-state index in [1.54, 1.807) is 0 Å². The van der Waals surface area contributed by atoms with E-state index in [9.17, 15) is 0 Å². The van der Waals surface area contributed by atoms with Crippen LogP contribution in [0.25, 0.3) is 10.1 Å². The van der Waals surface area contributed by atoms with Crippen LogP contribution in [0.4, 0.5) is 5.82 Å². The first-order valence-electron chi connectivity index (χ1n) is 4.54. The van der Waals surface area contributed by atoms with Crippen molar-refractivity contribution in [3.05, 3.63) is 18.5 Å². The zero-order chi connectivity index (χ0) is 9.80. The van der Waals surface area contributed by atoms with Crippen LogP contribution < -0.4 is 11.1 Å². The van der Waals surface area contributed by atoms with Gasteiger partial charge in [-0.1, -0.05) is 0 Å². The zero-order valence-corrected chi connectivity index (χ0v) is 8.55. The highest BCUT2D eigenvalue weighted by Gasteiger charge is 1.98. The summed E-state index contributed by atoms with van der Waals surface area (Å²) in [5.74, 6) is 0.898. The van der Waals surface area contributed by atoms with Crippen LogP contribution in [0.15, 0.2) is 18.5 Å². The zero-order valence-electron chi connectivity index (χ0n) is 7.73. The summed E-state index contributed by atoms with van der Waals surface area (Å²) in [5, 5.41) is 4.31. The van der Waals surface area contributed by atoms with Gasteiger partial charge in [0.05, 0.1) is 10.9 Å². The van der Waals surface area contributed by atoms with Crippen LogP contribution >= 0.6 is 11.5 Å². The van der Waals surface area contributed by atoms with E-state index < -0.39 is 0 Å². The molecule has 0 aliphatic heterocycles.